The second kappa shape index (κ2) is 9.25. The van der Waals surface area contributed by atoms with Gasteiger partial charge in [0.2, 0.25) is 15.9 Å². The van der Waals surface area contributed by atoms with Crippen LogP contribution in [0, 0.1) is 6.92 Å². The van der Waals surface area contributed by atoms with E-state index in [2.05, 4.69) is 15.8 Å². The largest absolute Gasteiger partial charge is 0.326 e. The van der Waals surface area contributed by atoms with Crippen LogP contribution in [0.1, 0.15) is 18.1 Å². The quantitative estimate of drug-likeness (QED) is 0.543. The predicted octanol–water partition coefficient (Wildman–Crippen LogP) is 1.72. The summed E-state index contributed by atoms with van der Waals surface area (Å²) in [5, 5.41) is 6.40. The first-order valence-electron chi connectivity index (χ1n) is 8.41. The lowest BCUT2D eigenvalue weighted by Crippen LogP contribution is -2.36. The predicted molar refractivity (Wildman–Crippen MR) is 107 cm³/mol. The summed E-state index contributed by atoms with van der Waals surface area (Å²) in [6, 6.07) is 13.2. The van der Waals surface area contributed by atoms with Gasteiger partial charge in [-0.3, -0.25) is 9.59 Å². The van der Waals surface area contributed by atoms with Crippen molar-refractivity contribution in [2.75, 3.05) is 18.9 Å². The Morgan fingerprint density at radius 2 is 1.82 bits per heavy atom. The molecule has 2 amide bonds. The first-order valence-corrected chi connectivity index (χ1v) is 9.85. The van der Waals surface area contributed by atoms with Gasteiger partial charge in [-0.25, -0.2) is 13.8 Å². The number of sulfonamides is 1. The van der Waals surface area contributed by atoms with E-state index < -0.39 is 15.9 Å². The molecule has 0 aliphatic rings. The molecular formula is C19H22N4O4S. The number of hydrogen-bond acceptors (Lipinski definition) is 5. The third-order valence-corrected chi connectivity index (χ3v) is 5.51. The Kier molecular flexibility index (Phi) is 7.02. The zero-order valence-electron chi connectivity index (χ0n) is 15.8. The van der Waals surface area contributed by atoms with Gasteiger partial charge >= 0.3 is 0 Å². The van der Waals surface area contributed by atoms with Crippen LogP contribution in [0.5, 0.6) is 0 Å². The Balaban J connectivity index is 1.97. The molecule has 0 spiro atoms. The minimum absolute atomic E-state index is 0.0140. The van der Waals surface area contributed by atoms with Crippen LogP contribution >= 0.6 is 0 Å². The number of carbonyl (C=O) groups excluding carboxylic acids is 2. The van der Waals surface area contributed by atoms with Crippen LogP contribution in [0.4, 0.5) is 5.69 Å². The van der Waals surface area contributed by atoms with Crippen molar-refractivity contribution in [2.24, 2.45) is 5.10 Å². The van der Waals surface area contributed by atoms with Crippen molar-refractivity contribution in [1.82, 2.24) is 9.73 Å². The topological polar surface area (TPSA) is 108 Å². The third kappa shape index (κ3) is 6.00. The molecule has 0 aliphatic heterocycles. The highest BCUT2D eigenvalue weighted by Crippen LogP contribution is 2.17. The first kappa shape index (κ1) is 21.3. The highest BCUT2D eigenvalue weighted by molar-refractivity contribution is 7.89. The number of amides is 2. The van der Waals surface area contributed by atoms with Crippen LogP contribution in [0.3, 0.4) is 0 Å². The van der Waals surface area contributed by atoms with Gasteiger partial charge in [-0.05, 0) is 36.8 Å². The van der Waals surface area contributed by atoms with E-state index in [0.29, 0.717) is 5.69 Å². The third-order valence-electron chi connectivity index (χ3n) is 3.69. The van der Waals surface area contributed by atoms with Gasteiger partial charge in [-0.15, -0.1) is 0 Å². The number of aryl methyl sites for hydroxylation is 1. The molecule has 28 heavy (non-hydrogen) atoms. The van der Waals surface area contributed by atoms with Gasteiger partial charge in [-0.2, -0.15) is 9.41 Å². The minimum Gasteiger partial charge on any atom is -0.326 e. The fraction of sp³-hybridized carbons (Fsp3) is 0.211. The fourth-order valence-electron chi connectivity index (χ4n) is 2.35. The van der Waals surface area contributed by atoms with Crippen molar-refractivity contribution in [3.8, 4) is 0 Å². The molecule has 0 unspecified atom stereocenters. The SMILES string of the molecule is CC(=O)Nc1ccc(S(=O)(=O)N(C)CC(=O)N/N=C\c2cccc(C)c2)cc1. The van der Waals surface area contributed by atoms with Crippen LogP contribution < -0.4 is 10.7 Å². The highest BCUT2D eigenvalue weighted by Gasteiger charge is 2.22. The maximum Gasteiger partial charge on any atom is 0.255 e. The van der Waals surface area contributed by atoms with E-state index in [0.717, 1.165) is 15.4 Å². The number of hydrazone groups is 1. The molecule has 8 nitrogen and oxygen atoms in total. The smallest absolute Gasteiger partial charge is 0.255 e. The summed E-state index contributed by atoms with van der Waals surface area (Å²) in [5.41, 5.74) is 4.68. The first-order chi connectivity index (χ1) is 13.2. The Hall–Kier alpha value is -3.04. The number of anilines is 1. The second-order valence-corrected chi connectivity index (χ2v) is 8.22. The van der Waals surface area contributed by atoms with Crippen molar-refractivity contribution in [1.29, 1.82) is 0 Å². The lowest BCUT2D eigenvalue weighted by atomic mass is 10.2. The molecular weight excluding hydrogens is 380 g/mol. The number of rotatable bonds is 7. The summed E-state index contributed by atoms with van der Waals surface area (Å²) in [4.78, 5) is 23.0. The maximum absolute atomic E-state index is 12.6. The summed E-state index contributed by atoms with van der Waals surface area (Å²) in [5.74, 6) is -0.819. The van der Waals surface area contributed by atoms with E-state index in [9.17, 15) is 18.0 Å². The van der Waals surface area contributed by atoms with Crippen LogP contribution in [0.25, 0.3) is 0 Å². The molecule has 9 heteroatoms. The van der Waals surface area contributed by atoms with Gasteiger partial charge in [0, 0.05) is 19.7 Å². The molecule has 0 saturated carbocycles. The van der Waals surface area contributed by atoms with Gasteiger partial charge in [0.1, 0.15) is 0 Å². The number of benzene rings is 2. The molecule has 148 valence electrons. The van der Waals surface area contributed by atoms with E-state index in [-0.39, 0.29) is 17.3 Å². The highest BCUT2D eigenvalue weighted by atomic mass is 32.2. The second-order valence-electron chi connectivity index (χ2n) is 6.17. The Labute approximate surface area is 164 Å². The van der Waals surface area contributed by atoms with Crippen LogP contribution in [-0.2, 0) is 19.6 Å². The molecule has 0 saturated heterocycles. The normalized spacial score (nSPS) is 11.6. The molecule has 0 fully saturated rings. The maximum atomic E-state index is 12.6. The molecule has 0 aliphatic carbocycles. The molecule has 0 heterocycles. The van der Waals surface area contributed by atoms with Crippen molar-refractivity contribution in [3.63, 3.8) is 0 Å². The lowest BCUT2D eigenvalue weighted by Gasteiger charge is -2.16. The van der Waals surface area contributed by atoms with Gasteiger partial charge in [0.15, 0.2) is 0 Å². The monoisotopic (exact) mass is 402 g/mol. The average Bonchev–Trinajstić information content (AvgIpc) is 2.61. The van der Waals surface area contributed by atoms with Gasteiger partial charge in [0.05, 0.1) is 17.7 Å². The van der Waals surface area contributed by atoms with Crippen LogP contribution in [-0.4, -0.2) is 44.3 Å². The van der Waals surface area contributed by atoms with Gasteiger partial charge < -0.3 is 5.32 Å². The number of likely N-dealkylation sites (N-methyl/N-ethyl adjacent to an activating group) is 1. The van der Waals surface area contributed by atoms with E-state index in [1.54, 1.807) is 0 Å². The fourth-order valence-corrected chi connectivity index (χ4v) is 3.47. The van der Waals surface area contributed by atoms with Crippen LogP contribution in [0.2, 0.25) is 0 Å². The molecule has 0 atom stereocenters. The Morgan fingerprint density at radius 3 is 2.43 bits per heavy atom. The number of hydrogen-bond donors (Lipinski definition) is 2. The van der Waals surface area contributed by atoms with Crippen molar-refractivity contribution < 1.29 is 18.0 Å². The minimum atomic E-state index is -3.85. The van der Waals surface area contributed by atoms with Crippen molar-refractivity contribution >= 4 is 33.7 Å². The zero-order chi connectivity index (χ0) is 20.7. The zero-order valence-corrected chi connectivity index (χ0v) is 16.7. The standard InChI is InChI=1S/C19H22N4O4S/c1-14-5-4-6-16(11-14)12-20-22-19(25)13-23(3)28(26,27)18-9-7-17(8-10-18)21-15(2)24/h4-12H,13H2,1-3H3,(H,21,24)(H,22,25)/b20-12-. The number of carbonyl (C=O) groups is 2. The molecule has 0 radical (unpaired) electrons. The average molecular weight is 402 g/mol. The summed E-state index contributed by atoms with van der Waals surface area (Å²) in [7, 11) is -2.55. The molecule has 0 bridgehead atoms. The van der Waals surface area contributed by atoms with Gasteiger partial charge in [-0.1, -0.05) is 29.8 Å². The molecule has 0 aromatic heterocycles. The summed E-state index contributed by atoms with van der Waals surface area (Å²) >= 11 is 0. The van der Waals surface area contributed by atoms with Crippen LogP contribution in [0.15, 0.2) is 58.5 Å². The Morgan fingerprint density at radius 1 is 1.14 bits per heavy atom. The Bertz CT molecular complexity index is 985. The van der Waals surface area contributed by atoms with Gasteiger partial charge in [0.25, 0.3) is 5.91 Å². The number of nitrogens with zero attached hydrogens (tertiary/aromatic N) is 2. The molecule has 2 aromatic rings. The summed E-state index contributed by atoms with van der Waals surface area (Å²) in [6.07, 6.45) is 1.49. The van der Waals surface area contributed by atoms with E-state index >= 15 is 0 Å². The van der Waals surface area contributed by atoms with Crippen molar-refractivity contribution in [2.45, 2.75) is 18.7 Å². The molecule has 2 N–H and O–H groups in total. The lowest BCUT2D eigenvalue weighted by molar-refractivity contribution is -0.121. The van der Waals surface area contributed by atoms with E-state index in [1.165, 1.54) is 44.5 Å². The van der Waals surface area contributed by atoms with E-state index in [4.69, 9.17) is 0 Å². The van der Waals surface area contributed by atoms with Crippen molar-refractivity contribution in [3.05, 3.63) is 59.7 Å². The molecule has 2 rings (SSSR count). The molecule has 2 aromatic carbocycles. The number of nitrogens with one attached hydrogen (secondary N) is 2. The summed E-state index contributed by atoms with van der Waals surface area (Å²) in [6.45, 7) is 2.91. The van der Waals surface area contributed by atoms with E-state index in [1.807, 2.05) is 31.2 Å². The summed E-state index contributed by atoms with van der Waals surface area (Å²) < 4.78 is 26.0.